The maximum Gasteiger partial charge on any atom is 0.343 e. The number of carbonyl (C=O) groups excluding carboxylic acids is 3. The molecule has 0 fully saturated rings. The number of unbranched alkanes of at least 4 members (excludes halogenated alkanes) is 4. The Balaban J connectivity index is 1.47. The average molecular weight is 559 g/mol. The van der Waals surface area contributed by atoms with E-state index in [1.54, 1.807) is 62.4 Å². The van der Waals surface area contributed by atoms with Crippen LogP contribution in [0.1, 0.15) is 73.6 Å². The lowest BCUT2D eigenvalue weighted by Crippen LogP contribution is -2.22. The van der Waals surface area contributed by atoms with E-state index in [4.69, 9.17) is 18.9 Å². The first-order valence-electron chi connectivity index (χ1n) is 14.0. The van der Waals surface area contributed by atoms with Crippen molar-refractivity contribution in [1.29, 1.82) is 0 Å². The summed E-state index contributed by atoms with van der Waals surface area (Å²) < 4.78 is 21.7. The van der Waals surface area contributed by atoms with Crippen molar-refractivity contribution in [1.82, 2.24) is 0 Å². The Morgan fingerprint density at radius 1 is 0.732 bits per heavy atom. The quantitative estimate of drug-likeness (QED) is 0.0822. The molecule has 41 heavy (non-hydrogen) atoms. The van der Waals surface area contributed by atoms with Crippen LogP contribution in [0, 0.1) is 0 Å². The monoisotopic (exact) mass is 558 g/mol. The molecule has 1 atom stereocenters. The van der Waals surface area contributed by atoms with Crippen molar-refractivity contribution in [2.45, 2.75) is 59.0 Å². The average Bonchev–Trinajstić information content (AvgIpc) is 2.98. The minimum Gasteiger partial charge on any atom is -0.490 e. The van der Waals surface area contributed by atoms with Gasteiger partial charge >= 0.3 is 17.9 Å². The van der Waals surface area contributed by atoms with Gasteiger partial charge in [-0.3, -0.25) is 0 Å². The third kappa shape index (κ3) is 10.3. The Morgan fingerprint density at radius 2 is 1.27 bits per heavy atom. The number of ether oxygens (including phenoxy) is 4. The third-order valence-corrected chi connectivity index (χ3v) is 6.23. The van der Waals surface area contributed by atoms with Gasteiger partial charge in [0.2, 0.25) is 0 Å². The SMILES string of the molecule is C=C(C)C(=O)O[C@@H](C)COc1ccc(C(=O)Oc2ccc(-c3ccc(C(=O)OCCCCCCC)cc3)cc2)cc1. The molecule has 0 saturated heterocycles. The van der Waals surface area contributed by atoms with Crippen LogP contribution in [0.15, 0.2) is 84.9 Å². The van der Waals surface area contributed by atoms with Crippen molar-refractivity contribution in [2.24, 2.45) is 0 Å². The van der Waals surface area contributed by atoms with Crippen molar-refractivity contribution in [3.8, 4) is 22.6 Å². The molecule has 0 radical (unpaired) electrons. The molecule has 0 amide bonds. The van der Waals surface area contributed by atoms with Crippen molar-refractivity contribution in [3.05, 3.63) is 96.1 Å². The molecule has 0 N–H and O–H groups in total. The van der Waals surface area contributed by atoms with E-state index in [0.29, 0.717) is 34.8 Å². The molecule has 0 aliphatic heterocycles. The third-order valence-electron chi connectivity index (χ3n) is 6.23. The molecule has 0 aromatic heterocycles. The molecular formula is C34H38O7. The summed E-state index contributed by atoms with van der Waals surface area (Å²) in [5, 5.41) is 0. The van der Waals surface area contributed by atoms with E-state index in [9.17, 15) is 14.4 Å². The van der Waals surface area contributed by atoms with Gasteiger partial charge in [-0.25, -0.2) is 14.4 Å². The molecule has 216 valence electrons. The number of esters is 3. The van der Waals surface area contributed by atoms with Crippen LogP contribution in [0.4, 0.5) is 0 Å². The standard InChI is InChI=1S/C34H38O7/c1-5-6-7-8-9-22-38-33(36)28-12-10-26(11-13-28)27-14-20-31(21-15-27)41-34(37)29-16-18-30(19-17-29)39-23-25(4)40-32(35)24(2)3/h10-21,25H,2,5-9,22-23H2,1,3-4H3/t25-/m0/s1. The maximum absolute atomic E-state index is 12.6. The Hall–Kier alpha value is -4.39. The van der Waals surface area contributed by atoms with Gasteiger partial charge in [0.25, 0.3) is 0 Å². The molecule has 0 bridgehead atoms. The lowest BCUT2D eigenvalue weighted by molar-refractivity contribution is -0.144. The molecule has 7 heteroatoms. The molecule has 3 rings (SSSR count). The summed E-state index contributed by atoms with van der Waals surface area (Å²) >= 11 is 0. The first-order valence-corrected chi connectivity index (χ1v) is 14.0. The fourth-order valence-electron chi connectivity index (χ4n) is 3.85. The minimum atomic E-state index is -0.499. The van der Waals surface area contributed by atoms with Gasteiger partial charge in [-0.05, 0) is 79.9 Å². The summed E-state index contributed by atoms with van der Waals surface area (Å²) in [6.45, 7) is 9.64. The number of rotatable bonds is 15. The van der Waals surface area contributed by atoms with E-state index >= 15 is 0 Å². The van der Waals surface area contributed by atoms with Gasteiger partial charge in [-0.1, -0.05) is 63.5 Å². The van der Waals surface area contributed by atoms with E-state index in [-0.39, 0.29) is 12.6 Å². The zero-order chi connectivity index (χ0) is 29.6. The van der Waals surface area contributed by atoms with Gasteiger partial charge in [0.15, 0.2) is 0 Å². The molecule has 0 aliphatic rings. The van der Waals surface area contributed by atoms with Crippen molar-refractivity contribution < 1.29 is 33.3 Å². The van der Waals surface area contributed by atoms with Gasteiger partial charge in [0, 0.05) is 5.57 Å². The zero-order valence-corrected chi connectivity index (χ0v) is 24.0. The first kappa shape index (κ1) is 31.1. The highest BCUT2D eigenvalue weighted by Gasteiger charge is 2.13. The fourth-order valence-corrected chi connectivity index (χ4v) is 3.85. The molecule has 0 heterocycles. The molecule has 0 saturated carbocycles. The van der Waals surface area contributed by atoms with Crippen LogP contribution in [0.3, 0.4) is 0 Å². The second-order valence-corrected chi connectivity index (χ2v) is 9.87. The Bertz CT molecular complexity index is 1290. The smallest absolute Gasteiger partial charge is 0.343 e. The van der Waals surface area contributed by atoms with E-state index in [2.05, 4.69) is 13.5 Å². The topological polar surface area (TPSA) is 88.1 Å². The number of hydrogen-bond acceptors (Lipinski definition) is 7. The van der Waals surface area contributed by atoms with Gasteiger partial charge in [-0.15, -0.1) is 0 Å². The zero-order valence-electron chi connectivity index (χ0n) is 24.0. The van der Waals surface area contributed by atoms with Crippen molar-refractivity contribution in [2.75, 3.05) is 13.2 Å². The lowest BCUT2D eigenvalue weighted by Gasteiger charge is -2.14. The highest BCUT2D eigenvalue weighted by molar-refractivity contribution is 5.91. The summed E-state index contributed by atoms with van der Waals surface area (Å²) in [7, 11) is 0. The van der Waals surface area contributed by atoms with Crippen molar-refractivity contribution >= 4 is 17.9 Å². The van der Waals surface area contributed by atoms with Crippen LogP contribution in [-0.4, -0.2) is 37.2 Å². The Kier molecular flexibility index (Phi) is 12.2. The van der Waals surface area contributed by atoms with Gasteiger partial charge < -0.3 is 18.9 Å². The Labute approximate surface area is 242 Å². The summed E-state index contributed by atoms with van der Waals surface area (Å²) in [5.41, 5.74) is 3.06. The molecule has 0 aliphatic carbocycles. The van der Waals surface area contributed by atoms with E-state index in [0.717, 1.165) is 24.0 Å². The van der Waals surface area contributed by atoms with Gasteiger partial charge in [-0.2, -0.15) is 0 Å². The van der Waals surface area contributed by atoms with Crippen LogP contribution in [-0.2, 0) is 14.3 Å². The maximum atomic E-state index is 12.6. The highest BCUT2D eigenvalue weighted by Crippen LogP contribution is 2.24. The summed E-state index contributed by atoms with van der Waals surface area (Å²) in [6.07, 6.45) is 5.07. The summed E-state index contributed by atoms with van der Waals surface area (Å²) in [6, 6.07) is 20.9. The van der Waals surface area contributed by atoms with Gasteiger partial charge in [0.1, 0.15) is 24.2 Å². The van der Waals surface area contributed by atoms with Crippen LogP contribution in [0.2, 0.25) is 0 Å². The predicted octanol–water partition coefficient (Wildman–Crippen LogP) is 7.59. The van der Waals surface area contributed by atoms with E-state index < -0.39 is 18.0 Å². The molecule has 3 aromatic carbocycles. The molecule has 7 nitrogen and oxygen atoms in total. The lowest BCUT2D eigenvalue weighted by atomic mass is 10.0. The molecule has 3 aromatic rings. The summed E-state index contributed by atoms with van der Waals surface area (Å²) in [5.74, 6) is -0.336. The Morgan fingerprint density at radius 3 is 1.88 bits per heavy atom. The van der Waals surface area contributed by atoms with Crippen LogP contribution < -0.4 is 9.47 Å². The van der Waals surface area contributed by atoms with Crippen LogP contribution >= 0.6 is 0 Å². The van der Waals surface area contributed by atoms with Crippen LogP contribution in [0.25, 0.3) is 11.1 Å². The second-order valence-electron chi connectivity index (χ2n) is 9.87. The predicted molar refractivity (Wildman–Crippen MR) is 158 cm³/mol. The molecular weight excluding hydrogens is 520 g/mol. The van der Waals surface area contributed by atoms with Crippen molar-refractivity contribution in [3.63, 3.8) is 0 Å². The highest BCUT2D eigenvalue weighted by atomic mass is 16.6. The van der Waals surface area contributed by atoms with Gasteiger partial charge in [0.05, 0.1) is 17.7 Å². The van der Waals surface area contributed by atoms with E-state index in [1.165, 1.54) is 19.3 Å². The second kappa shape index (κ2) is 16.0. The molecule has 0 unspecified atom stereocenters. The fraction of sp³-hybridized carbons (Fsp3) is 0.324. The number of carbonyl (C=O) groups is 3. The normalized spacial score (nSPS) is 11.3. The number of hydrogen-bond donors (Lipinski definition) is 0. The number of benzene rings is 3. The van der Waals surface area contributed by atoms with E-state index in [1.807, 2.05) is 24.3 Å². The summed E-state index contributed by atoms with van der Waals surface area (Å²) in [4.78, 5) is 36.5. The minimum absolute atomic E-state index is 0.168. The largest absolute Gasteiger partial charge is 0.490 e. The first-order chi connectivity index (χ1) is 19.8. The van der Waals surface area contributed by atoms with Crippen LogP contribution in [0.5, 0.6) is 11.5 Å². The molecule has 0 spiro atoms.